The summed E-state index contributed by atoms with van der Waals surface area (Å²) in [4.78, 5) is 0. The van der Waals surface area contributed by atoms with Gasteiger partial charge in [-0.25, -0.2) is 0 Å². The van der Waals surface area contributed by atoms with E-state index < -0.39 is 0 Å². The molecule has 4 heteroatoms. The summed E-state index contributed by atoms with van der Waals surface area (Å²) in [5, 5.41) is 28.1. The Balaban J connectivity index is 3.19. The van der Waals surface area contributed by atoms with Crippen LogP contribution >= 0.6 is 0 Å². The van der Waals surface area contributed by atoms with Crippen molar-refractivity contribution in [3.63, 3.8) is 0 Å². The van der Waals surface area contributed by atoms with Gasteiger partial charge >= 0.3 is 0 Å². The number of aromatic nitrogens is 1. The maximum absolute atomic E-state index is 9.56. The van der Waals surface area contributed by atoms with Gasteiger partial charge in [0.15, 0.2) is 18.0 Å². The number of hydrogen-bond acceptors (Lipinski definition) is 3. The van der Waals surface area contributed by atoms with E-state index in [9.17, 15) is 15.3 Å². The van der Waals surface area contributed by atoms with E-state index in [-0.39, 0.29) is 30.1 Å². The molecule has 0 saturated carbocycles. The van der Waals surface area contributed by atoms with Gasteiger partial charge in [-0.2, -0.15) is 4.57 Å². The molecule has 0 aliphatic carbocycles. The fourth-order valence-electron chi connectivity index (χ4n) is 1.63. The molecular formula is C11H18NO3+. The third kappa shape index (κ3) is 2.21. The van der Waals surface area contributed by atoms with Gasteiger partial charge in [0.05, 0.1) is 0 Å². The number of nitrogens with zero attached hydrogens (tertiary/aromatic N) is 1. The molecule has 1 rings (SSSR count). The standard InChI is InChI=1S/C11H17NO3/c1-7(2)9(6-13)12-5-4-10(14)11(15)8(12)3/h4-5,7,9,13,15H,6H2,1-3H3/p+1/t9-/m1/s1. The molecule has 0 saturated heterocycles. The molecule has 84 valence electrons. The van der Waals surface area contributed by atoms with Crippen LogP contribution in [0.3, 0.4) is 0 Å². The van der Waals surface area contributed by atoms with E-state index in [0.29, 0.717) is 5.69 Å². The quantitative estimate of drug-likeness (QED) is 0.652. The Hall–Kier alpha value is -1.29. The highest BCUT2D eigenvalue weighted by Gasteiger charge is 2.26. The van der Waals surface area contributed by atoms with Crippen molar-refractivity contribution >= 4 is 0 Å². The Labute approximate surface area is 89.4 Å². The van der Waals surface area contributed by atoms with Gasteiger partial charge in [0.2, 0.25) is 11.4 Å². The van der Waals surface area contributed by atoms with Crippen LogP contribution in [0, 0.1) is 12.8 Å². The summed E-state index contributed by atoms with van der Waals surface area (Å²) in [6.07, 6.45) is 1.67. The van der Waals surface area contributed by atoms with Crippen molar-refractivity contribution in [1.82, 2.24) is 0 Å². The van der Waals surface area contributed by atoms with E-state index in [2.05, 4.69) is 0 Å². The summed E-state index contributed by atoms with van der Waals surface area (Å²) >= 11 is 0. The predicted molar refractivity (Wildman–Crippen MR) is 55.7 cm³/mol. The first-order valence-electron chi connectivity index (χ1n) is 5.02. The first-order valence-corrected chi connectivity index (χ1v) is 5.02. The summed E-state index contributed by atoms with van der Waals surface area (Å²) < 4.78 is 1.78. The van der Waals surface area contributed by atoms with E-state index >= 15 is 0 Å². The highest BCUT2D eigenvalue weighted by molar-refractivity contribution is 5.36. The predicted octanol–water partition coefficient (Wildman–Crippen LogP) is 0.883. The van der Waals surface area contributed by atoms with E-state index in [4.69, 9.17) is 0 Å². The van der Waals surface area contributed by atoms with Crippen LogP contribution in [0.25, 0.3) is 0 Å². The zero-order valence-corrected chi connectivity index (χ0v) is 9.31. The average molecular weight is 212 g/mol. The molecule has 0 unspecified atom stereocenters. The molecule has 0 aromatic carbocycles. The lowest BCUT2D eigenvalue weighted by atomic mass is 10.0. The molecule has 4 nitrogen and oxygen atoms in total. The van der Waals surface area contributed by atoms with Crippen LogP contribution in [0.15, 0.2) is 12.3 Å². The minimum atomic E-state index is -0.135. The van der Waals surface area contributed by atoms with Crippen LogP contribution < -0.4 is 4.57 Å². The normalized spacial score (nSPS) is 13.1. The van der Waals surface area contributed by atoms with Gasteiger partial charge in [0.25, 0.3) is 0 Å². The Morgan fingerprint density at radius 2 is 1.93 bits per heavy atom. The molecule has 0 bridgehead atoms. The summed E-state index contributed by atoms with van der Waals surface area (Å²) in [6.45, 7) is 5.71. The Bertz CT molecular complexity index is 350. The SMILES string of the molecule is Cc1c(O)c(O)cc[n+]1[C@H](CO)C(C)C. The summed E-state index contributed by atoms with van der Waals surface area (Å²) in [5.74, 6) is -0.0107. The van der Waals surface area contributed by atoms with Crippen molar-refractivity contribution < 1.29 is 19.9 Å². The maximum atomic E-state index is 9.56. The van der Waals surface area contributed by atoms with Crippen molar-refractivity contribution in [2.75, 3.05) is 6.61 Å². The topological polar surface area (TPSA) is 64.6 Å². The molecule has 1 atom stereocenters. The van der Waals surface area contributed by atoms with Crippen molar-refractivity contribution in [2.45, 2.75) is 26.8 Å². The number of rotatable bonds is 3. The van der Waals surface area contributed by atoms with Crippen LogP contribution in [0.1, 0.15) is 25.6 Å². The number of aromatic hydroxyl groups is 2. The second kappa shape index (κ2) is 4.49. The summed E-state index contributed by atoms with van der Waals surface area (Å²) in [7, 11) is 0. The molecule has 0 fully saturated rings. The van der Waals surface area contributed by atoms with Gasteiger partial charge in [0.1, 0.15) is 6.61 Å². The van der Waals surface area contributed by atoms with E-state index in [0.717, 1.165) is 0 Å². The van der Waals surface area contributed by atoms with Crippen LogP contribution in [0.4, 0.5) is 0 Å². The molecule has 0 radical (unpaired) electrons. The largest absolute Gasteiger partial charge is 0.504 e. The Morgan fingerprint density at radius 1 is 1.33 bits per heavy atom. The molecule has 0 aliphatic rings. The Kier molecular flexibility index (Phi) is 3.52. The number of aliphatic hydroxyl groups excluding tert-OH is 1. The number of pyridine rings is 1. The Morgan fingerprint density at radius 3 is 2.40 bits per heavy atom. The fourth-order valence-corrected chi connectivity index (χ4v) is 1.63. The van der Waals surface area contributed by atoms with Crippen molar-refractivity contribution in [3.8, 4) is 11.5 Å². The molecule has 1 aromatic rings. The second-order valence-electron chi connectivity index (χ2n) is 4.04. The smallest absolute Gasteiger partial charge is 0.226 e. The van der Waals surface area contributed by atoms with Crippen molar-refractivity contribution in [2.24, 2.45) is 5.92 Å². The molecular weight excluding hydrogens is 194 g/mol. The summed E-state index contributed by atoms with van der Waals surface area (Å²) in [6, 6.07) is 1.34. The third-order valence-electron chi connectivity index (χ3n) is 2.68. The number of aliphatic hydroxyl groups is 1. The lowest BCUT2D eigenvalue weighted by Gasteiger charge is -2.15. The second-order valence-corrected chi connectivity index (χ2v) is 4.04. The van der Waals surface area contributed by atoms with E-state index in [1.807, 2.05) is 13.8 Å². The van der Waals surface area contributed by atoms with Crippen LogP contribution in [-0.4, -0.2) is 21.9 Å². The zero-order valence-electron chi connectivity index (χ0n) is 9.31. The van der Waals surface area contributed by atoms with E-state index in [1.54, 1.807) is 17.7 Å². The van der Waals surface area contributed by atoms with Crippen LogP contribution in [-0.2, 0) is 0 Å². The lowest BCUT2D eigenvalue weighted by molar-refractivity contribution is -0.736. The zero-order chi connectivity index (χ0) is 11.6. The van der Waals surface area contributed by atoms with Gasteiger partial charge in [-0.05, 0) is 0 Å². The van der Waals surface area contributed by atoms with Crippen molar-refractivity contribution in [1.29, 1.82) is 0 Å². The summed E-state index contributed by atoms with van der Waals surface area (Å²) in [5.41, 5.74) is 0.558. The van der Waals surface area contributed by atoms with Gasteiger partial charge < -0.3 is 15.3 Å². The van der Waals surface area contributed by atoms with Crippen LogP contribution in [0.5, 0.6) is 11.5 Å². The molecule has 1 heterocycles. The van der Waals surface area contributed by atoms with Gasteiger partial charge in [-0.3, -0.25) is 0 Å². The molecule has 1 aromatic heterocycles. The van der Waals surface area contributed by atoms with Gasteiger partial charge in [0, 0.05) is 18.9 Å². The van der Waals surface area contributed by atoms with Crippen molar-refractivity contribution in [3.05, 3.63) is 18.0 Å². The highest BCUT2D eigenvalue weighted by Crippen LogP contribution is 2.26. The first kappa shape index (κ1) is 11.8. The average Bonchev–Trinajstić information content (AvgIpc) is 2.18. The monoisotopic (exact) mass is 212 g/mol. The minimum Gasteiger partial charge on any atom is -0.504 e. The minimum absolute atomic E-state index is 0.00733. The lowest BCUT2D eigenvalue weighted by Crippen LogP contribution is -2.46. The molecule has 0 amide bonds. The molecule has 15 heavy (non-hydrogen) atoms. The van der Waals surface area contributed by atoms with Crippen LogP contribution in [0.2, 0.25) is 0 Å². The molecule has 0 spiro atoms. The van der Waals surface area contributed by atoms with Gasteiger partial charge in [-0.1, -0.05) is 13.8 Å². The molecule has 0 aliphatic heterocycles. The van der Waals surface area contributed by atoms with E-state index in [1.165, 1.54) is 6.07 Å². The maximum Gasteiger partial charge on any atom is 0.226 e. The highest BCUT2D eigenvalue weighted by atomic mass is 16.3. The molecule has 3 N–H and O–H groups in total. The fraction of sp³-hybridized carbons (Fsp3) is 0.545. The first-order chi connectivity index (χ1) is 6.99. The van der Waals surface area contributed by atoms with Gasteiger partial charge in [-0.15, -0.1) is 0 Å². The number of hydrogen-bond donors (Lipinski definition) is 3. The third-order valence-corrected chi connectivity index (χ3v) is 2.68.